The lowest BCUT2D eigenvalue weighted by molar-refractivity contribution is -0.0491. The standard InChI is InChI=1S/C18H29N3O3/c1-12(2)17-13(6-5-9-24-17)11-20-18(19)21-14-7-8-15(22-3)16(10-14)23-4/h7-8,10,12-13,17H,5-6,9,11H2,1-4H3,(H3,19,20,21). The predicted octanol–water partition coefficient (Wildman–Crippen LogP) is 2.88. The molecule has 0 aromatic heterocycles. The van der Waals surface area contributed by atoms with Crippen molar-refractivity contribution in [2.24, 2.45) is 22.6 Å². The van der Waals surface area contributed by atoms with Crippen molar-refractivity contribution in [3.8, 4) is 11.5 Å². The van der Waals surface area contributed by atoms with E-state index < -0.39 is 0 Å². The molecule has 0 amide bonds. The number of nitrogens with one attached hydrogen (secondary N) is 1. The monoisotopic (exact) mass is 335 g/mol. The zero-order valence-corrected chi connectivity index (χ0v) is 15.0. The Hall–Kier alpha value is -1.95. The maximum atomic E-state index is 6.03. The van der Waals surface area contributed by atoms with Crippen LogP contribution in [0.25, 0.3) is 0 Å². The van der Waals surface area contributed by atoms with Crippen molar-refractivity contribution in [2.75, 3.05) is 32.7 Å². The van der Waals surface area contributed by atoms with E-state index in [1.165, 1.54) is 0 Å². The summed E-state index contributed by atoms with van der Waals surface area (Å²) < 4.78 is 16.4. The van der Waals surface area contributed by atoms with Gasteiger partial charge < -0.3 is 25.3 Å². The lowest BCUT2D eigenvalue weighted by Crippen LogP contribution is -2.36. The summed E-state index contributed by atoms with van der Waals surface area (Å²) in [5.74, 6) is 2.64. The lowest BCUT2D eigenvalue weighted by Gasteiger charge is -2.33. The number of guanidine groups is 1. The van der Waals surface area contributed by atoms with Crippen molar-refractivity contribution in [1.82, 2.24) is 0 Å². The summed E-state index contributed by atoms with van der Waals surface area (Å²) in [7, 11) is 3.21. The zero-order valence-electron chi connectivity index (χ0n) is 15.0. The quantitative estimate of drug-likeness (QED) is 0.617. The van der Waals surface area contributed by atoms with Crippen molar-refractivity contribution >= 4 is 11.6 Å². The van der Waals surface area contributed by atoms with Gasteiger partial charge in [-0.2, -0.15) is 0 Å². The van der Waals surface area contributed by atoms with Gasteiger partial charge in [0, 0.05) is 30.8 Å². The Bertz CT molecular complexity index is 560. The first-order chi connectivity index (χ1) is 11.5. The highest BCUT2D eigenvalue weighted by molar-refractivity contribution is 5.92. The average Bonchev–Trinajstić information content (AvgIpc) is 2.60. The average molecular weight is 335 g/mol. The van der Waals surface area contributed by atoms with E-state index in [1.54, 1.807) is 14.2 Å². The van der Waals surface area contributed by atoms with Crippen molar-refractivity contribution in [3.63, 3.8) is 0 Å². The second-order valence-electron chi connectivity index (χ2n) is 6.40. The molecule has 1 aliphatic rings. The fourth-order valence-electron chi connectivity index (χ4n) is 3.11. The number of nitrogens with two attached hydrogens (primary N) is 1. The van der Waals surface area contributed by atoms with Crippen molar-refractivity contribution in [1.29, 1.82) is 0 Å². The largest absolute Gasteiger partial charge is 0.493 e. The van der Waals surface area contributed by atoms with Crippen LogP contribution >= 0.6 is 0 Å². The molecule has 0 bridgehead atoms. The van der Waals surface area contributed by atoms with E-state index in [4.69, 9.17) is 19.9 Å². The molecular weight excluding hydrogens is 306 g/mol. The molecule has 1 fully saturated rings. The minimum absolute atomic E-state index is 0.261. The predicted molar refractivity (Wildman–Crippen MR) is 97.0 cm³/mol. The molecular formula is C18H29N3O3. The molecule has 1 heterocycles. The van der Waals surface area contributed by atoms with Crippen molar-refractivity contribution in [3.05, 3.63) is 18.2 Å². The molecule has 2 rings (SSSR count). The van der Waals surface area contributed by atoms with Gasteiger partial charge in [-0.05, 0) is 30.9 Å². The number of benzene rings is 1. The number of ether oxygens (including phenoxy) is 3. The van der Waals surface area contributed by atoms with E-state index in [1.807, 2.05) is 18.2 Å². The molecule has 1 aromatic rings. The highest BCUT2D eigenvalue weighted by Gasteiger charge is 2.28. The summed E-state index contributed by atoms with van der Waals surface area (Å²) in [6, 6.07) is 5.55. The number of aliphatic imine (C=N–C) groups is 1. The third-order valence-corrected chi connectivity index (χ3v) is 4.30. The van der Waals surface area contributed by atoms with E-state index in [-0.39, 0.29) is 6.10 Å². The van der Waals surface area contributed by atoms with Gasteiger partial charge in [0.2, 0.25) is 0 Å². The Morgan fingerprint density at radius 1 is 1.33 bits per heavy atom. The van der Waals surface area contributed by atoms with Crippen LogP contribution in [0, 0.1) is 11.8 Å². The summed E-state index contributed by atoms with van der Waals surface area (Å²) in [5.41, 5.74) is 6.85. The third kappa shape index (κ3) is 4.77. The Labute approximate surface area is 144 Å². The van der Waals surface area contributed by atoms with Gasteiger partial charge in [0.1, 0.15) is 0 Å². The molecule has 2 unspecified atom stereocenters. The van der Waals surface area contributed by atoms with Crippen molar-refractivity contribution < 1.29 is 14.2 Å². The number of rotatable bonds is 6. The molecule has 1 aromatic carbocycles. The van der Waals surface area contributed by atoms with E-state index in [0.29, 0.717) is 35.8 Å². The van der Waals surface area contributed by atoms with Gasteiger partial charge >= 0.3 is 0 Å². The zero-order chi connectivity index (χ0) is 17.5. The number of anilines is 1. The molecule has 134 valence electrons. The van der Waals surface area contributed by atoms with E-state index in [0.717, 1.165) is 25.1 Å². The Morgan fingerprint density at radius 3 is 2.75 bits per heavy atom. The summed E-state index contributed by atoms with van der Waals surface area (Å²) in [6.07, 6.45) is 2.49. The Balaban J connectivity index is 1.98. The van der Waals surface area contributed by atoms with Crippen LogP contribution in [-0.2, 0) is 4.74 Å². The van der Waals surface area contributed by atoms with Crippen LogP contribution in [0.15, 0.2) is 23.2 Å². The molecule has 0 saturated carbocycles. The molecule has 0 radical (unpaired) electrons. The van der Waals surface area contributed by atoms with Crippen LogP contribution in [0.1, 0.15) is 26.7 Å². The van der Waals surface area contributed by atoms with Crippen LogP contribution in [0.2, 0.25) is 0 Å². The SMILES string of the molecule is COc1ccc(NC(N)=NCC2CCCOC2C(C)C)cc1OC. The Kier molecular flexibility index (Phi) is 6.73. The van der Waals surface area contributed by atoms with Gasteiger partial charge in [0.05, 0.1) is 20.3 Å². The molecule has 1 aliphatic heterocycles. The molecule has 3 N–H and O–H groups in total. The maximum absolute atomic E-state index is 6.03. The highest BCUT2D eigenvalue weighted by Crippen LogP contribution is 2.30. The van der Waals surface area contributed by atoms with Gasteiger partial charge in [-0.3, -0.25) is 4.99 Å². The second-order valence-corrected chi connectivity index (χ2v) is 6.40. The topological polar surface area (TPSA) is 78.1 Å². The summed E-state index contributed by atoms with van der Waals surface area (Å²) >= 11 is 0. The van der Waals surface area contributed by atoms with E-state index >= 15 is 0 Å². The fraction of sp³-hybridized carbons (Fsp3) is 0.611. The van der Waals surface area contributed by atoms with Crippen LogP contribution in [0.4, 0.5) is 5.69 Å². The molecule has 24 heavy (non-hydrogen) atoms. The highest BCUT2D eigenvalue weighted by atomic mass is 16.5. The number of methoxy groups -OCH3 is 2. The lowest BCUT2D eigenvalue weighted by atomic mass is 9.87. The fourth-order valence-corrected chi connectivity index (χ4v) is 3.11. The summed E-state index contributed by atoms with van der Waals surface area (Å²) in [4.78, 5) is 4.51. The van der Waals surface area contributed by atoms with Crippen LogP contribution < -0.4 is 20.5 Å². The van der Waals surface area contributed by atoms with Crippen LogP contribution in [0.3, 0.4) is 0 Å². The normalized spacial score (nSPS) is 21.6. The molecule has 1 saturated heterocycles. The first-order valence-corrected chi connectivity index (χ1v) is 8.45. The van der Waals surface area contributed by atoms with Crippen LogP contribution in [0.5, 0.6) is 11.5 Å². The van der Waals surface area contributed by atoms with Gasteiger partial charge in [0.15, 0.2) is 17.5 Å². The van der Waals surface area contributed by atoms with E-state index in [2.05, 4.69) is 24.2 Å². The van der Waals surface area contributed by atoms with E-state index in [9.17, 15) is 0 Å². The summed E-state index contributed by atoms with van der Waals surface area (Å²) in [6.45, 7) is 5.91. The van der Waals surface area contributed by atoms with Gasteiger partial charge in [-0.15, -0.1) is 0 Å². The van der Waals surface area contributed by atoms with Crippen LogP contribution in [-0.4, -0.2) is 39.4 Å². The number of nitrogens with zero attached hydrogens (tertiary/aromatic N) is 1. The third-order valence-electron chi connectivity index (χ3n) is 4.30. The Morgan fingerprint density at radius 2 is 2.08 bits per heavy atom. The molecule has 0 spiro atoms. The van der Waals surface area contributed by atoms with Gasteiger partial charge in [-0.1, -0.05) is 13.8 Å². The number of hydrogen-bond acceptors (Lipinski definition) is 4. The summed E-state index contributed by atoms with van der Waals surface area (Å²) in [5, 5.41) is 3.10. The molecule has 2 atom stereocenters. The molecule has 6 heteroatoms. The first kappa shape index (κ1) is 18.4. The molecule has 6 nitrogen and oxygen atoms in total. The molecule has 0 aliphatic carbocycles. The minimum Gasteiger partial charge on any atom is -0.493 e. The number of hydrogen-bond donors (Lipinski definition) is 2. The minimum atomic E-state index is 0.261. The van der Waals surface area contributed by atoms with Gasteiger partial charge in [0.25, 0.3) is 0 Å². The van der Waals surface area contributed by atoms with Crippen molar-refractivity contribution in [2.45, 2.75) is 32.8 Å². The second kappa shape index (κ2) is 8.78. The first-order valence-electron chi connectivity index (χ1n) is 8.45. The smallest absolute Gasteiger partial charge is 0.193 e. The van der Waals surface area contributed by atoms with Gasteiger partial charge in [-0.25, -0.2) is 0 Å². The maximum Gasteiger partial charge on any atom is 0.193 e.